The number of carbonyl (C=O) groups excluding carboxylic acids is 2. The van der Waals surface area contributed by atoms with Crippen LogP contribution in [0.1, 0.15) is 32.3 Å². The Bertz CT molecular complexity index is 1420. The Labute approximate surface area is 274 Å². The van der Waals surface area contributed by atoms with Crippen LogP contribution in [0.15, 0.2) is 59.5 Å². The van der Waals surface area contributed by atoms with Crippen molar-refractivity contribution < 1.29 is 56.2 Å². The molecule has 0 radical (unpaired) electrons. The molecule has 262 valence electrons. The van der Waals surface area contributed by atoms with E-state index in [9.17, 15) is 32.4 Å². The predicted molar refractivity (Wildman–Crippen MR) is 171 cm³/mol. The summed E-state index contributed by atoms with van der Waals surface area (Å²) in [7, 11) is -9.48. The molecule has 1 heterocycles. The molecule has 1 fully saturated rings. The molecule has 0 aromatic heterocycles. The summed E-state index contributed by atoms with van der Waals surface area (Å²) in [5.41, 5.74) is 1.03. The van der Waals surface area contributed by atoms with Crippen LogP contribution in [-0.2, 0) is 44.5 Å². The quantitative estimate of drug-likeness (QED) is 0.106. The summed E-state index contributed by atoms with van der Waals surface area (Å²) < 4.78 is 62.1. The fourth-order valence-electron chi connectivity index (χ4n) is 4.79. The number of aliphatic hydroxyl groups excluding tert-OH is 1. The lowest BCUT2D eigenvalue weighted by Crippen LogP contribution is -2.52. The van der Waals surface area contributed by atoms with E-state index in [1.165, 1.54) is 24.3 Å². The number of ether oxygens (including phenoxy) is 3. The third-order valence-corrected chi connectivity index (χ3v) is 9.31. The lowest BCUT2D eigenvalue weighted by Gasteiger charge is -2.33. The number of sulfonamides is 1. The van der Waals surface area contributed by atoms with Gasteiger partial charge in [0.05, 0.1) is 50.4 Å². The monoisotopic (exact) mass is 701 g/mol. The van der Waals surface area contributed by atoms with Gasteiger partial charge in [0, 0.05) is 25.2 Å². The highest BCUT2D eigenvalue weighted by Gasteiger charge is 2.37. The lowest BCUT2D eigenvalue weighted by atomic mass is 10.0. The molecule has 47 heavy (non-hydrogen) atoms. The summed E-state index contributed by atoms with van der Waals surface area (Å²) in [5.74, 6) is -0.576. The molecule has 3 rings (SSSR count). The summed E-state index contributed by atoms with van der Waals surface area (Å²) in [6, 6.07) is 13.1. The maximum Gasteiger partial charge on any atom is 0.469 e. The van der Waals surface area contributed by atoms with Crippen LogP contribution in [0.4, 0.5) is 10.5 Å². The van der Waals surface area contributed by atoms with Gasteiger partial charge in [-0.1, -0.05) is 44.2 Å². The van der Waals surface area contributed by atoms with Crippen molar-refractivity contribution in [2.75, 3.05) is 51.4 Å². The molecule has 1 aliphatic rings. The van der Waals surface area contributed by atoms with Crippen LogP contribution >= 0.6 is 7.82 Å². The van der Waals surface area contributed by atoms with E-state index in [-0.39, 0.29) is 62.5 Å². The zero-order valence-corrected chi connectivity index (χ0v) is 28.1. The van der Waals surface area contributed by atoms with Gasteiger partial charge in [-0.25, -0.2) is 17.8 Å². The standard InChI is InChI=1S/C30H44N3O12PS/c1-22(2)19-33(47(40,41)26-10-8-24(9-11-26)31-29(35)13-16-42-17-14-34)20-28(45-46(37,38)39)27(18-23-6-4-3-5-7-23)32-30(36)44-25-12-15-43-21-25/h3-11,22,25,27-28,34H,12-21H2,1-2H3,(H,31,35)(H,32,36)(H2,37,38,39). The van der Waals surface area contributed by atoms with Gasteiger partial charge in [-0.05, 0) is 42.2 Å². The normalized spacial score (nSPS) is 16.6. The number of rotatable bonds is 19. The van der Waals surface area contributed by atoms with Gasteiger partial charge in [-0.2, -0.15) is 4.31 Å². The number of carbonyl (C=O) groups is 2. The number of phosphoric acid groups is 1. The van der Waals surface area contributed by atoms with Gasteiger partial charge in [-0.3, -0.25) is 9.32 Å². The minimum Gasteiger partial charge on any atom is -0.444 e. The second-order valence-corrected chi connectivity index (χ2v) is 14.5. The van der Waals surface area contributed by atoms with Gasteiger partial charge in [0.2, 0.25) is 15.9 Å². The van der Waals surface area contributed by atoms with Crippen LogP contribution in [0.5, 0.6) is 0 Å². The van der Waals surface area contributed by atoms with Crippen molar-refractivity contribution in [1.29, 1.82) is 0 Å². The number of nitrogens with zero attached hydrogens (tertiary/aromatic N) is 1. The Morgan fingerprint density at radius 2 is 1.77 bits per heavy atom. The van der Waals surface area contributed by atoms with E-state index < -0.39 is 48.7 Å². The van der Waals surface area contributed by atoms with Crippen molar-refractivity contribution in [2.24, 2.45) is 5.92 Å². The van der Waals surface area contributed by atoms with Crippen molar-refractivity contribution in [1.82, 2.24) is 9.62 Å². The summed E-state index contributed by atoms with van der Waals surface area (Å²) in [5, 5.41) is 14.1. The molecule has 3 unspecified atom stereocenters. The van der Waals surface area contributed by atoms with E-state index in [1.807, 2.05) is 0 Å². The molecule has 5 N–H and O–H groups in total. The molecule has 1 aliphatic heterocycles. The highest BCUT2D eigenvalue weighted by Crippen LogP contribution is 2.39. The van der Waals surface area contributed by atoms with Crippen molar-refractivity contribution in [2.45, 2.75) is 56.3 Å². The van der Waals surface area contributed by atoms with Gasteiger partial charge in [0.25, 0.3) is 0 Å². The van der Waals surface area contributed by atoms with E-state index >= 15 is 0 Å². The molecule has 0 saturated carbocycles. The number of nitrogens with one attached hydrogen (secondary N) is 2. The molecule has 0 bridgehead atoms. The van der Waals surface area contributed by atoms with Crippen molar-refractivity contribution in [3.63, 3.8) is 0 Å². The highest BCUT2D eigenvalue weighted by atomic mass is 32.2. The minimum atomic E-state index is -5.20. The smallest absolute Gasteiger partial charge is 0.444 e. The van der Waals surface area contributed by atoms with Crippen LogP contribution < -0.4 is 10.6 Å². The van der Waals surface area contributed by atoms with E-state index in [4.69, 9.17) is 23.8 Å². The molecule has 17 heteroatoms. The number of alkyl carbamates (subject to hydrolysis) is 1. The fraction of sp³-hybridized carbons (Fsp3) is 0.533. The molecule has 1 saturated heterocycles. The van der Waals surface area contributed by atoms with Gasteiger partial charge in [0.15, 0.2) is 0 Å². The average molecular weight is 702 g/mol. The van der Waals surface area contributed by atoms with Crippen LogP contribution in [0, 0.1) is 5.92 Å². The second kappa shape index (κ2) is 18.6. The van der Waals surface area contributed by atoms with Gasteiger partial charge >= 0.3 is 13.9 Å². The summed E-state index contributed by atoms with van der Waals surface area (Å²) >= 11 is 0. The van der Waals surface area contributed by atoms with E-state index in [0.717, 1.165) is 4.31 Å². The van der Waals surface area contributed by atoms with Crippen LogP contribution in [0.25, 0.3) is 0 Å². The first-order chi connectivity index (χ1) is 22.3. The number of hydrogen-bond donors (Lipinski definition) is 5. The predicted octanol–water partition coefficient (Wildman–Crippen LogP) is 2.28. The Morgan fingerprint density at radius 1 is 1.06 bits per heavy atom. The summed E-state index contributed by atoms with van der Waals surface area (Å²) in [6.07, 6.45) is -2.32. The van der Waals surface area contributed by atoms with Crippen LogP contribution in [0.3, 0.4) is 0 Å². The fourth-order valence-corrected chi connectivity index (χ4v) is 6.97. The van der Waals surface area contributed by atoms with Crippen LogP contribution in [0.2, 0.25) is 0 Å². The summed E-state index contributed by atoms with van der Waals surface area (Å²) in [4.78, 5) is 44.7. The average Bonchev–Trinajstić information content (AvgIpc) is 3.51. The third-order valence-electron chi connectivity index (χ3n) is 6.92. The van der Waals surface area contributed by atoms with Gasteiger partial charge in [0.1, 0.15) is 12.2 Å². The van der Waals surface area contributed by atoms with Gasteiger partial charge in [-0.15, -0.1) is 0 Å². The maximum absolute atomic E-state index is 14.0. The van der Waals surface area contributed by atoms with Crippen LogP contribution in [-0.4, -0.2) is 104 Å². The molecular weight excluding hydrogens is 657 g/mol. The maximum atomic E-state index is 14.0. The molecule has 15 nitrogen and oxygen atoms in total. The van der Waals surface area contributed by atoms with E-state index in [0.29, 0.717) is 24.3 Å². The number of aliphatic hydroxyl groups is 1. The van der Waals surface area contributed by atoms with E-state index in [2.05, 4.69) is 10.6 Å². The molecule has 2 aromatic rings. The van der Waals surface area contributed by atoms with E-state index in [1.54, 1.807) is 44.2 Å². The Balaban J connectivity index is 1.87. The van der Waals surface area contributed by atoms with Crippen molar-refractivity contribution in [3.8, 4) is 0 Å². The molecule has 2 aromatic carbocycles. The zero-order valence-electron chi connectivity index (χ0n) is 26.4. The number of amides is 2. The number of phosphoric ester groups is 1. The second-order valence-electron chi connectivity index (χ2n) is 11.3. The first kappa shape index (κ1) is 38.5. The number of anilines is 1. The SMILES string of the molecule is CC(C)CN(CC(OP(=O)(O)O)C(Cc1ccccc1)NC(=O)OC1CCOC1)S(=O)(=O)c1ccc(NC(=O)CCOCCO)cc1. The minimum absolute atomic E-state index is 0.0311. The molecular formula is C30H44N3O12PS. The largest absolute Gasteiger partial charge is 0.469 e. The number of hydrogen-bond acceptors (Lipinski definition) is 10. The topological polar surface area (TPSA) is 210 Å². The third kappa shape index (κ3) is 13.6. The molecule has 0 spiro atoms. The van der Waals surface area contributed by atoms with Crippen molar-refractivity contribution >= 4 is 35.5 Å². The van der Waals surface area contributed by atoms with Gasteiger partial charge < -0.3 is 39.7 Å². The Kier molecular flexibility index (Phi) is 15.2. The summed E-state index contributed by atoms with van der Waals surface area (Å²) in [6.45, 7) is 3.68. The molecule has 3 atom stereocenters. The highest BCUT2D eigenvalue weighted by molar-refractivity contribution is 7.89. The molecule has 2 amide bonds. The first-order valence-corrected chi connectivity index (χ1v) is 18.1. The first-order valence-electron chi connectivity index (χ1n) is 15.2. The van der Waals surface area contributed by atoms with Crippen molar-refractivity contribution in [3.05, 3.63) is 60.2 Å². The Morgan fingerprint density at radius 3 is 2.36 bits per heavy atom. The lowest BCUT2D eigenvalue weighted by molar-refractivity contribution is -0.117. The Hall–Kier alpha value is -2.92. The number of benzene rings is 2. The molecule has 0 aliphatic carbocycles. The zero-order chi connectivity index (χ0) is 34.5.